The predicted octanol–water partition coefficient (Wildman–Crippen LogP) is 4.00. The molecule has 7 heteroatoms. The van der Waals surface area contributed by atoms with E-state index < -0.39 is 25.2 Å². The first-order valence-electron chi connectivity index (χ1n) is 9.00. The Balaban J connectivity index is 1.86. The van der Waals surface area contributed by atoms with Crippen LogP contribution < -0.4 is 0 Å². The molecule has 0 saturated heterocycles. The fourth-order valence-electron chi connectivity index (χ4n) is 3.21. The summed E-state index contributed by atoms with van der Waals surface area (Å²) in [6.45, 7) is 0. The number of carboxylic acid groups (broad SMARTS) is 2. The van der Waals surface area contributed by atoms with Crippen molar-refractivity contribution < 1.29 is 29.3 Å². The maximum absolute atomic E-state index is 12.3. The molecule has 2 aromatic carbocycles. The molecule has 0 saturated carbocycles. The Morgan fingerprint density at radius 2 is 1.70 bits per heavy atom. The fraction of sp³-hybridized carbons (Fsp3) is 0.400. The van der Waals surface area contributed by atoms with Crippen molar-refractivity contribution in [1.29, 1.82) is 0 Å². The van der Waals surface area contributed by atoms with E-state index in [-0.39, 0.29) is 25.2 Å². The average molecular weight is 392 g/mol. The summed E-state index contributed by atoms with van der Waals surface area (Å²) < 4.78 is 12.3. The molecule has 0 fully saturated rings. The van der Waals surface area contributed by atoms with Gasteiger partial charge in [0.1, 0.15) is 0 Å². The first-order chi connectivity index (χ1) is 12.8. The van der Waals surface area contributed by atoms with Crippen molar-refractivity contribution in [2.75, 3.05) is 12.3 Å². The van der Waals surface area contributed by atoms with Gasteiger partial charge in [-0.1, -0.05) is 42.5 Å². The third-order valence-corrected chi connectivity index (χ3v) is 6.67. The third kappa shape index (κ3) is 6.81. The number of carboxylic acids is 2. The molecule has 0 aliphatic heterocycles. The summed E-state index contributed by atoms with van der Waals surface area (Å²) in [6, 6.07) is 14.2. The van der Waals surface area contributed by atoms with Crippen LogP contribution in [0.5, 0.6) is 0 Å². The fourth-order valence-corrected chi connectivity index (χ4v) is 5.14. The maximum atomic E-state index is 12.3. The molecule has 2 atom stereocenters. The first-order valence-corrected chi connectivity index (χ1v) is 11.0. The van der Waals surface area contributed by atoms with E-state index >= 15 is 0 Å². The molecule has 0 aliphatic rings. The van der Waals surface area contributed by atoms with Crippen LogP contribution in [0.3, 0.4) is 0 Å². The highest BCUT2D eigenvalue weighted by atomic mass is 31.2. The van der Waals surface area contributed by atoms with Crippen LogP contribution in [-0.4, -0.2) is 39.4 Å². The normalized spacial score (nSPS) is 14.6. The lowest BCUT2D eigenvalue weighted by molar-refractivity contribution is -0.142. The Hall–Kier alpha value is -2.17. The molecule has 0 heterocycles. The van der Waals surface area contributed by atoms with E-state index in [2.05, 4.69) is 6.07 Å². The van der Waals surface area contributed by atoms with Gasteiger partial charge in [-0.2, -0.15) is 0 Å². The minimum atomic E-state index is -3.61. The minimum Gasteiger partial charge on any atom is -0.481 e. The summed E-state index contributed by atoms with van der Waals surface area (Å²) in [5, 5.41) is 20.2. The molecule has 0 aromatic heterocycles. The van der Waals surface area contributed by atoms with E-state index in [1.54, 1.807) is 0 Å². The van der Waals surface area contributed by atoms with Crippen molar-refractivity contribution in [3.63, 3.8) is 0 Å². The number of aryl methyl sites for hydroxylation is 1. The van der Waals surface area contributed by atoms with Crippen LogP contribution >= 0.6 is 7.37 Å². The number of aliphatic carboxylic acids is 2. The number of benzene rings is 2. The quantitative estimate of drug-likeness (QED) is 0.394. The number of unbranched alkanes of at least 4 members (excludes halogenated alkanes) is 1. The van der Waals surface area contributed by atoms with Gasteiger partial charge in [-0.05, 0) is 42.0 Å². The SMILES string of the molecule is O=C(O)CCC(CP(=O)(O)CCCCc1cccc2ccccc12)C(=O)O. The van der Waals surface area contributed by atoms with E-state index in [9.17, 15) is 19.0 Å². The second-order valence-electron chi connectivity index (χ2n) is 6.82. The van der Waals surface area contributed by atoms with Gasteiger partial charge in [-0.3, -0.25) is 14.2 Å². The lowest BCUT2D eigenvalue weighted by atomic mass is 10.0. The van der Waals surface area contributed by atoms with Gasteiger partial charge in [0.15, 0.2) is 0 Å². The zero-order valence-corrected chi connectivity index (χ0v) is 16.0. The van der Waals surface area contributed by atoms with Crippen molar-refractivity contribution in [3.8, 4) is 0 Å². The lowest BCUT2D eigenvalue weighted by Crippen LogP contribution is -2.20. The van der Waals surface area contributed by atoms with E-state index in [4.69, 9.17) is 10.2 Å². The van der Waals surface area contributed by atoms with Crippen molar-refractivity contribution in [3.05, 3.63) is 48.0 Å². The smallest absolute Gasteiger partial charge is 0.307 e. The van der Waals surface area contributed by atoms with Gasteiger partial charge in [-0.15, -0.1) is 0 Å². The Bertz CT molecular complexity index is 842. The second-order valence-corrected chi connectivity index (χ2v) is 9.32. The molecule has 3 N–H and O–H groups in total. The van der Waals surface area contributed by atoms with E-state index in [0.29, 0.717) is 6.42 Å². The van der Waals surface area contributed by atoms with Gasteiger partial charge < -0.3 is 15.1 Å². The Labute approximate surface area is 158 Å². The molecule has 6 nitrogen and oxygen atoms in total. The number of carbonyl (C=O) groups is 2. The van der Waals surface area contributed by atoms with Crippen LogP contribution in [0, 0.1) is 5.92 Å². The van der Waals surface area contributed by atoms with Gasteiger partial charge in [0.05, 0.1) is 5.92 Å². The highest BCUT2D eigenvalue weighted by molar-refractivity contribution is 7.58. The molecule has 0 aliphatic carbocycles. The summed E-state index contributed by atoms with van der Waals surface area (Å²) in [6.07, 6.45) is 1.25. The topological polar surface area (TPSA) is 112 Å². The Morgan fingerprint density at radius 3 is 2.41 bits per heavy atom. The molecule has 2 rings (SSSR count). The molecule has 2 unspecified atom stereocenters. The van der Waals surface area contributed by atoms with Crippen LogP contribution in [0.1, 0.15) is 31.2 Å². The summed E-state index contributed by atoms with van der Waals surface area (Å²) in [5.74, 6) is -3.43. The third-order valence-electron chi connectivity index (χ3n) is 4.65. The minimum absolute atomic E-state index is 0.0502. The molecule has 0 amide bonds. The van der Waals surface area contributed by atoms with Crippen molar-refractivity contribution in [1.82, 2.24) is 0 Å². The second kappa shape index (κ2) is 9.67. The van der Waals surface area contributed by atoms with Gasteiger partial charge in [0.25, 0.3) is 0 Å². The summed E-state index contributed by atoms with van der Waals surface area (Å²) in [5.41, 5.74) is 1.19. The standard InChI is InChI=1S/C20H25O6P/c21-19(22)12-11-17(20(23)24)14-27(25,26)13-4-3-7-16-9-5-8-15-6-1-2-10-18(15)16/h1-2,5-6,8-10,17H,3-4,7,11-14H2,(H,21,22)(H,23,24)(H,25,26). The van der Waals surface area contributed by atoms with E-state index in [1.165, 1.54) is 10.9 Å². The Morgan fingerprint density at radius 1 is 1.00 bits per heavy atom. The van der Waals surface area contributed by atoms with Crippen molar-refractivity contribution in [2.45, 2.75) is 32.1 Å². The highest BCUT2D eigenvalue weighted by Gasteiger charge is 2.28. The lowest BCUT2D eigenvalue weighted by Gasteiger charge is -2.16. The van der Waals surface area contributed by atoms with Gasteiger partial charge >= 0.3 is 11.9 Å². The molecule has 0 spiro atoms. The van der Waals surface area contributed by atoms with Gasteiger partial charge in [0, 0.05) is 18.7 Å². The van der Waals surface area contributed by atoms with Crippen LogP contribution in [0.25, 0.3) is 10.8 Å². The maximum Gasteiger partial charge on any atom is 0.307 e. The van der Waals surface area contributed by atoms with Gasteiger partial charge in [-0.25, -0.2) is 0 Å². The zero-order chi connectivity index (χ0) is 19.9. The van der Waals surface area contributed by atoms with Gasteiger partial charge in [0.2, 0.25) is 7.37 Å². The molecule has 2 aromatic rings. The zero-order valence-electron chi connectivity index (χ0n) is 15.1. The monoisotopic (exact) mass is 392 g/mol. The Kier molecular flexibility index (Phi) is 7.57. The van der Waals surface area contributed by atoms with Crippen LogP contribution in [0.4, 0.5) is 0 Å². The van der Waals surface area contributed by atoms with Crippen LogP contribution in [0.2, 0.25) is 0 Å². The largest absolute Gasteiger partial charge is 0.481 e. The number of hydrogen-bond donors (Lipinski definition) is 3. The van der Waals surface area contributed by atoms with E-state index in [1.807, 2.05) is 36.4 Å². The van der Waals surface area contributed by atoms with Crippen molar-refractivity contribution >= 4 is 30.1 Å². The van der Waals surface area contributed by atoms with Crippen LogP contribution in [0.15, 0.2) is 42.5 Å². The molecule has 146 valence electrons. The number of fused-ring (bicyclic) bond motifs is 1. The summed E-state index contributed by atoms with van der Waals surface area (Å²) >= 11 is 0. The number of hydrogen-bond acceptors (Lipinski definition) is 3. The molecular formula is C20H25O6P. The predicted molar refractivity (Wildman–Crippen MR) is 104 cm³/mol. The molecular weight excluding hydrogens is 367 g/mol. The van der Waals surface area contributed by atoms with Crippen LogP contribution in [-0.2, 0) is 20.6 Å². The number of rotatable bonds is 11. The average Bonchev–Trinajstić information content (AvgIpc) is 2.62. The summed E-state index contributed by atoms with van der Waals surface area (Å²) in [7, 11) is -3.61. The molecule has 0 radical (unpaired) electrons. The van der Waals surface area contributed by atoms with Crippen molar-refractivity contribution in [2.24, 2.45) is 5.92 Å². The van der Waals surface area contributed by atoms with E-state index in [0.717, 1.165) is 18.2 Å². The molecule has 0 bridgehead atoms. The molecule has 27 heavy (non-hydrogen) atoms. The summed E-state index contributed by atoms with van der Waals surface area (Å²) in [4.78, 5) is 31.9. The first kappa shape index (κ1) is 21.1. The highest BCUT2D eigenvalue weighted by Crippen LogP contribution is 2.44.